The van der Waals surface area contributed by atoms with Crippen LogP contribution in [0.1, 0.15) is 69.2 Å². The predicted octanol–water partition coefficient (Wildman–Crippen LogP) is 3.40. The molecule has 4 heteroatoms. The van der Waals surface area contributed by atoms with Gasteiger partial charge in [0.2, 0.25) is 0 Å². The topological polar surface area (TPSA) is 54.4 Å². The predicted molar refractivity (Wildman–Crippen MR) is 83.9 cm³/mol. The van der Waals surface area contributed by atoms with Crippen LogP contribution < -0.4 is 0 Å². The van der Waals surface area contributed by atoms with E-state index in [1.165, 1.54) is 11.8 Å². The molecule has 1 rings (SSSR count). The van der Waals surface area contributed by atoms with Crippen LogP contribution in [0.2, 0.25) is 0 Å². The molecule has 3 nitrogen and oxygen atoms in total. The summed E-state index contributed by atoms with van der Waals surface area (Å²) in [7, 11) is -3.27. The molecule has 20 heavy (non-hydrogen) atoms. The van der Waals surface area contributed by atoms with E-state index in [2.05, 4.69) is 33.8 Å². The number of hydrogen-bond acceptors (Lipinski definition) is 3. The molecular weight excluding hydrogens is 272 g/mol. The van der Waals surface area contributed by atoms with Crippen LogP contribution in [-0.2, 0) is 9.84 Å². The van der Waals surface area contributed by atoms with Gasteiger partial charge in [0.1, 0.15) is 0 Å². The maximum atomic E-state index is 11.6. The Morgan fingerprint density at radius 3 is 1.90 bits per heavy atom. The summed E-state index contributed by atoms with van der Waals surface area (Å²) >= 11 is 0. The summed E-state index contributed by atoms with van der Waals surface area (Å²) < 4.78 is 23.3. The number of sulfone groups is 1. The zero-order valence-corrected chi connectivity index (χ0v) is 14.0. The summed E-state index contributed by atoms with van der Waals surface area (Å²) in [6, 6.07) is 5.93. The van der Waals surface area contributed by atoms with Crippen molar-refractivity contribution in [3.8, 4) is 0 Å². The molecule has 0 heterocycles. The fraction of sp³-hybridized carbons (Fsp3) is 0.625. The van der Waals surface area contributed by atoms with Gasteiger partial charge in [-0.3, -0.25) is 0 Å². The van der Waals surface area contributed by atoms with Crippen molar-refractivity contribution in [3.63, 3.8) is 0 Å². The molecule has 1 aromatic carbocycles. The Hall–Kier alpha value is -0.870. The van der Waals surface area contributed by atoms with Crippen molar-refractivity contribution in [1.82, 2.24) is 0 Å². The van der Waals surface area contributed by atoms with Crippen LogP contribution in [-0.4, -0.2) is 25.0 Å². The van der Waals surface area contributed by atoms with Crippen LogP contribution in [0.5, 0.6) is 0 Å². The Balaban J connectivity index is 3.31. The lowest BCUT2D eigenvalue weighted by Gasteiger charge is -2.23. The highest BCUT2D eigenvalue weighted by molar-refractivity contribution is 7.91. The highest BCUT2D eigenvalue weighted by atomic mass is 32.2. The van der Waals surface area contributed by atoms with E-state index in [0.717, 1.165) is 11.1 Å². The number of benzene rings is 1. The standard InChI is InChI=1S/C16H26O3S/c1-10(2)13-7-8-14(15(9-13)11(3)4)16(17)12(5)20(6,18)19/h7-12,16-17H,1-6H3. The maximum absolute atomic E-state index is 11.6. The van der Waals surface area contributed by atoms with Gasteiger partial charge in [0.25, 0.3) is 0 Å². The van der Waals surface area contributed by atoms with Gasteiger partial charge in [-0.15, -0.1) is 0 Å². The largest absolute Gasteiger partial charge is 0.387 e. The number of aliphatic hydroxyl groups excluding tert-OH is 1. The van der Waals surface area contributed by atoms with Crippen LogP contribution in [0.25, 0.3) is 0 Å². The number of hydrogen-bond donors (Lipinski definition) is 1. The quantitative estimate of drug-likeness (QED) is 0.906. The van der Waals surface area contributed by atoms with Gasteiger partial charge in [-0.25, -0.2) is 8.42 Å². The van der Waals surface area contributed by atoms with Crippen molar-refractivity contribution in [3.05, 3.63) is 34.9 Å². The fourth-order valence-corrected chi connectivity index (χ4v) is 2.82. The Morgan fingerprint density at radius 1 is 0.950 bits per heavy atom. The van der Waals surface area contributed by atoms with Gasteiger partial charge in [-0.05, 0) is 35.4 Å². The van der Waals surface area contributed by atoms with Gasteiger partial charge in [-0.2, -0.15) is 0 Å². The molecule has 2 unspecified atom stereocenters. The fourth-order valence-electron chi connectivity index (χ4n) is 2.21. The summed E-state index contributed by atoms with van der Waals surface area (Å²) in [5.41, 5.74) is 2.96. The smallest absolute Gasteiger partial charge is 0.152 e. The molecule has 0 aliphatic rings. The molecule has 0 spiro atoms. The van der Waals surface area contributed by atoms with Crippen LogP contribution in [0.15, 0.2) is 18.2 Å². The van der Waals surface area contributed by atoms with Gasteiger partial charge in [0, 0.05) is 6.26 Å². The first-order chi connectivity index (χ1) is 9.05. The highest BCUT2D eigenvalue weighted by Crippen LogP contribution is 2.31. The van der Waals surface area contributed by atoms with E-state index in [-0.39, 0.29) is 5.92 Å². The van der Waals surface area contributed by atoms with Gasteiger partial charge < -0.3 is 5.11 Å². The summed E-state index contributed by atoms with van der Waals surface area (Å²) in [4.78, 5) is 0. The van der Waals surface area contributed by atoms with E-state index in [1.807, 2.05) is 12.1 Å². The lowest BCUT2D eigenvalue weighted by atomic mass is 9.89. The third-order valence-electron chi connectivity index (χ3n) is 3.84. The molecular formula is C16H26O3S. The molecule has 0 saturated carbocycles. The minimum Gasteiger partial charge on any atom is -0.387 e. The Labute approximate surface area is 123 Å². The minimum atomic E-state index is -3.27. The highest BCUT2D eigenvalue weighted by Gasteiger charge is 2.27. The van der Waals surface area contributed by atoms with E-state index in [1.54, 1.807) is 6.92 Å². The van der Waals surface area contributed by atoms with Crippen LogP contribution in [0.4, 0.5) is 0 Å². The number of rotatable bonds is 5. The molecule has 0 amide bonds. The molecule has 0 aromatic heterocycles. The molecule has 0 fully saturated rings. The van der Waals surface area contributed by atoms with Crippen LogP contribution in [0.3, 0.4) is 0 Å². The maximum Gasteiger partial charge on any atom is 0.152 e. The zero-order valence-electron chi connectivity index (χ0n) is 13.2. The summed E-state index contributed by atoms with van der Waals surface area (Å²) in [5.74, 6) is 0.649. The van der Waals surface area contributed by atoms with Crippen molar-refractivity contribution < 1.29 is 13.5 Å². The average Bonchev–Trinajstić information content (AvgIpc) is 2.34. The molecule has 0 saturated heterocycles. The Morgan fingerprint density at radius 2 is 1.50 bits per heavy atom. The Kier molecular flexibility index (Phi) is 5.39. The molecule has 0 aliphatic heterocycles. The van der Waals surface area contributed by atoms with Gasteiger partial charge in [0.15, 0.2) is 9.84 Å². The van der Waals surface area contributed by atoms with E-state index in [9.17, 15) is 13.5 Å². The van der Waals surface area contributed by atoms with Gasteiger partial charge >= 0.3 is 0 Å². The van der Waals surface area contributed by atoms with Crippen molar-refractivity contribution in [2.24, 2.45) is 0 Å². The lowest BCUT2D eigenvalue weighted by Crippen LogP contribution is -2.25. The van der Waals surface area contributed by atoms with Crippen molar-refractivity contribution in [2.45, 2.75) is 57.8 Å². The minimum absolute atomic E-state index is 0.241. The first-order valence-electron chi connectivity index (χ1n) is 7.06. The monoisotopic (exact) mass is 298 g/mol. The lowest BCUT2D eigenvalue weighted by molar-refractivity contribution is 0.174. The van der Waals surface area contributed by atoms with E-state index in [0.29, 0.717) is 5.92 Å². The molecule has 1 N–H and O–H groups in total. The molecule has 114 valence electrons. The van der Waals surface area contributed by atoms with Crippen LogP contribution in [0, 0.1) is 0 Å². The second kappa shape index (κ2) is 6.27. The van der Waals surface area contributed by atoms with Crippen molar-refractivity contribution in [1.29, 1.82) is 0 Å². The third-order valence-corrected chi connectivity index (χ3v) is 5.45. The second-order valence-corrected chi connectivity index (χ2v) is 8.58. The second-order valence-electron chi connectivity index (χ2n) is 6.18. The summed E-state index contributed by atoms with van der Waals surface area (Å²) in [6.07, 6.45) is 0.182. The van der Waals surface area contributed by atoms with E-state index in [4.69, 9.17) is 0 Å². The molecule has 2 atom stereocenters. The van der Waals surface area contributed by atoms with E-state index < -0.39 is 21.2 Å². The molecule has 1 aromatic rings. The van der Waals surface area contributed by atoms with Crippen molar-refractivity contribution >= 4 is 9.84 Å². The molecule has 0 bridgehead atoms. The Bertz CT molecular complexity index is 559. The summed E-state index contributed by atoms with van der Waals surface area (Å²) in [6.45, 7) is 9.91. The first-order valence-corrected chi connectivity index (χ1v) is 9.01. The van der Waals surface area contributed by atoms with Gasteiger partial charge in [-0.1, -0.05) is 45.9 Å². The third kappa shape index (κ3) is 3.83. The van der Waals surface area contributed by atoms with Crippen molar-refractivity contribution in [2.75, 3.05) is 6.26 Å². The average molecular weight is 298 g/mol. The SMILES string of the molecule is CC(C)c1ccc(C(O)C(C)S(C)(=O)=O)c(C(C)C)c1. The zero-order chi connectivity index (χ0) is 15.7. The molecule has 0 aliphatic carbocycles. The first kappa shape index (κ1) is 17.2. The number of aliphatic hydroxyl groups is 1. The molecule has 0 radical (unpaired) electrons. The van der Waals surface area contributed by atoms with E-state index >= 15 is 0 Å². The van der Waals surface area contributed by atoms with Crippen LogP contribution >= 0.6 is 0 Å². The van der Waals surface area contributed by atoms with Gasteiger partial charge in [0.05, 0.1) is 11.4 Å². The normalized spacial score (nSPS) is 15.7. The summed E-state index contributed by atoms with van der Waals surface area (Å²) in [5, 5.41) is 9.60.